The minimum absolute atomic E-state index is 0.128. The maximum absolute atomic E-state index is 12.1. The van der Waals surface area contributed by atoms with Crippen molar-refractivity contribution in [3.05, 3.63) is 64.9 Å². The van der Waals surface area contributed by atoms with Gasteiger partial charge in [0, 0.05) is 30.5 Å². The molecule has 1 N–H and O–H groups in total. The molecule has 0 fully saturated rings. The summed E-state index contributed by atoms with van der Waals surface area (Å²) in [6, 6.07) is 10.8. The molecule has 25 heavy (non-hydrogen) atoms. The lowest BCUT2D eigenvalue weighted by Gasteiger charge is -2.19. The Labute approximate surface area is 152 Å². The lowest BCUT2D eigenvalue weighted by Crippen LogP contribution is -2.40. The van der Waals surface area contributed by atoms with Crippen LogP contribution < -0.4 is 5.32 Å². The Morgan fingerprint density at radius 1 is 1.20 bits per heavy atom. The highest BCUT2D eigenvalue weighted by Gasteiger charge is 2.20. The van der Waals surface area contributed by atoms with E-state index in [1.165, 1.54) is 0 Å². The smallest absolute Gasteiger partial charge is 0.235 e. The Kier molecular flexibility index (Phi) is 6.92. The van der Waals surface area contributed by atoms with Crippen molar-refractivity contribution in [3.63, 3.8) is 0 Å². The van der Waals surface area contributed by atoms with Gasteiger partial charge in [-0.1, -0.05) is 23.7 Å². The summed E-state index contributed by atoms with van der Waals surface area (Å²) >= 11 is 5.92. The molecule has 2 rings (SSSR count). The van der Waals surface area contributed by atoms with E-state index in [2.05, 4.69) is 10.3 Å². The van der Waals surface area contributed by atoms with Gasteiger partial charge < -0.3 is 5.32 Å². The number of hydrogen-bond acceptors (Lipinski definition) is 4. The molecule has 1 heterocycles. The number of nitrogens with zero attached hydrogens (tertiary/aromatic N) is 2. The number of carbonyl (C=O) groups is 1. The molecule has 0 radical (unpaired) electrons. The molecule has 0 saturated heterocycles. The van der Waals surface area contributed by atoms with Gasteiger partial charge in [-0.05, 0) is 41.8 Å². The number of sulfonamides is 1. The number of aromatic nitrogens is 1. The molecule has 0 spiro atoms. The number of hydrogen-bond donors (Lipinski definition) is 1. The van der Waals surface area contributed by atoms with Gasteiger partial charge in [0.25, 0.3) is 0 Å². The minimum atomic E-state index is -3.51. The third kappa shape index (κ3) is 6.81. The largest absolute Gasteiger partial charge is 0.355 e. The van der Waals surface area contributed by atoms with Gasteiger partial charge in [0.1, 0.15) is 0 Å². The van der Waals surface area contributed by atoms with Crippen molar-refractivity contribution in [2.24, 2.45) is 0 Å². The van der Waals surface area contributed by atoms with Crippen LogP contribution in [0.3, 0.4) is 0 Å². The Hall–Kier alpha value is -1.96. The third-order valence-electron chi connectivity index (χ3n) is 3.52. The normalized spacial score (nSPS) is 11.5. The lowest BCUT2D eigenvalue weighted by molar-refractivity contribution is -0.121. The van der Waals surface area contributed by atoms with Crippen LogP contribution in [0.2, 0.25) is 5.02 Å². The molecule has 0 aliphatic rings. The first kappa shape index (κ1) is 19.4. The number of pyridine rings is 1. The highest BCUT2D eigenvalue weighted by molar-refractivity contribution is 7.88. The van der Waals surface area contributed by atoms with Crippen LogP contribution in [-0.2, 0) is 27.8 Å². The molecule has 134 valence electrons. The van der Waals surface area contributed by atoms with Crippen molar-refractivity contribution in [3.8, 4) is 0 Å². The number of rotatable bonds is 8. The highest BCUT2D eigenvalue weighted by atomic mass is 35.5. The van der Waals surface area contributed by atoms with Crippen LogP contribution in [0.4, 0.5) is 0 Å². The monoisotopic (exact) mass is 381 g/mol. The van der Waals surface area contributed by atoms with Crippen LogP contribution in [0, 0.1) is 0 Å². The summed E-state index contributed by atoms with van der Waals surface area (Å²) in [5.41, 5.74) is 1.77. The summed E-state index contributed by atoms with van der Waals surface area (Å²) in [7, 11) is -3.51. The first-order valence-corrected chi connectivity index (χ1v) is 9.92. The summed E-state index contributed by atoms with van der Waals surface area (Å²) < 4.78 is 25.0. The van der Waals surface area contributed by atoms with Gasteiger partial charge in [0.05, 0.1) is 12.8 Å². The average molecular weight is 382 g/mol. The van der Waals surface area contributed by atoms with Crippen LogP contribution in [0.5, 0.6) is 0 Å². The zero-order valence-corrected chi connectivity index (χ0v) is 15.4. The van der Waals surface area contributed by atoms with Crippen LogP contribution in [0.25, 0.3) is 0 Å². The molecule has 8 heteroatoms. The van der Waals surface area contributed by atoms with Crippen LogP contribution in [0.15, 0.2) is 48.8 Å². The van der Waals surface area contributed by atoms with Gasteiger partial charge in [-0.25, -0.2) is 8.42 Å². The number of halogens is 1. The van der Waals surface area contributed by atoms with E-state index in [0.29, 0.717) is 18.0 Å². The molecule has 0 saturated carbocycles. The molecule has 1 aromatic carbocycles. The van der Waals surface area contributed by atoms with Crippen molar-refractivity contribution in [2.45, 2.75) is 13.0 Å². The Morgan fingerprint density at radius 2 is 1.92 bits per heavy atom. The zero-order chi connectivity index (χ0) is 18.3. The molecular weight excluding hydrogens is 362 g/mol. The summed E-state index contributed by atoms with van der Waals surface area (Å²) in [6.07, 6.45) is 4.88. The standard InChI is InChI=1S/C17H20ClN3O3S/c1-25(23,24)21(12-15-5-8-19-9-6-15)13-17(22)20-10-7-14-3-2-4-16(18)11-14/h2-6,8-9,11H,7,10,12-13H2,1H3,(H,20,22). The molecule has 2 aromatic rings. The summed E-state index contributed by atoms with van der Waals surface area (Å²) in [6.45, 7) is 0.311. The fourth-order valence-corrected chi connectivity index (χ4v) is 3.19. The van der Waals surface area contributed by atoms with E-state index < -0.39 is 10.0 Å². The van der Waals surface area contributed by atoms with Crippen molar-refractivity contribution in [1.29, 1.82) is 0 Å². The van der Waals surface area contributed by atoms with E-state index in [1.807, 2.05) is 18.2 Å². The summed E-state index contributed by atoms with van der Waals surface area (Å²) in [4.78, 5) is 16.0. The molecule has 0 bridgehead atoms. The van der Waals surface area contributed by atoms with Gasteiger partial charge in [-0.15, -0.1) is 0 Å². The van der Waals surface area contributed by atoms with Gasteiger partial charge in [-0.3, -0.25) is 9.78 Å². The minimum Gasteiger partial charge on any atom is -0.355 e. The molecule has 1 aromatic heterocycles. The van der Waals surface area contributed by atoms with Crippen LogP contribution in [-0.4, -0.2) is 43.0 Å². The highest BCUT2D eigenvalue weighted by Crippen LogP contribution is 2.11. The molecule has 0 aliphatic carbocycles. The van der Waals surface area contributed by atoms with Crippen molar-refractivity contribution in [2.75, 3.05) is 19.3 Å². The Bertz CT molecular complexity index is 813. The summed E-state index contributed by atoms with van der Waals surface area (Å²) in [5.74, 6) is -0.346. The maximum Gasteiger partial charge on any atom is 0.235 e. The number of carbonyl (C=O) groups excluding carboxylic acids is 1. The second-order valence-electron chi connectivity index (χ2n) is 5.62. The fraction of sp³-hybridized carbons (Fsp3) is 0.294. The Morgan fingerprint density at radius 3 is 2.56 bits per heavy atom. The maximum atomic E-state index is 12.1. The molecule has 1 amide bonds. The predicted octanol–water partition coefficient (Wildman–Crippen LogP) is 1.86. The molecule has 0 atom stereocenters. The van der Waals surface area contributed by atoms with Crippen molar-refractivity contribution >= 4 is 27.5 Å². The zero-order valence-electron chi connectivity index (χ0n) is 13.9. The number of amides is 1. The SMILES string of the molecule is CS(=O)(=O)N(CC(=O)NCCc1cccc(Cl)c1)Cc1ccncc1. The van der Waals surface area contributed by atoms with Crippen molar-refractivity contribution < 1.29 is 13.2 Å². The lowest BCUT2D eigenvalue weighted by atomic mass is 10.1. The second-order valence-corrected chi connectivity index (χ2v) is 8.04. The van der Waals surface area contributed by atoms with Crippen molar-refractivity contribution in [1.82, 2.24) is 14.6 Å². The average Bonchev–Trinajstić information content (AvgIpc) is 2.54. The van der Waals surface area contributed by atoms with Crippen LogP contribution >= 0.6 is 11.6 Å². The van der Waals surface area contributed by atoms with Gasteiger partial charge in [-0.2, -0.15) is 4.31 Å². The summed E-state index contributed by atoms with van der Waals surface area (Å²) in [5, 5.41) is 3.38. The Balaban J connectivity index is 1.89. The van der Waals surface area contributed by atoms with Gasteiger partial charge in [0.2, 0.25) is 15.9 Å². The van der Waals surface area contributed by atoms with Crippen LogP contribution in [0.1, 0.15) is 11.1 Å². The molecular formula is C17H20ClN3O3S. The van der Waals surface area contributed by atoms with Gasteiger partial charge >= 0.3 is 0 Å². The topological polar surface area (TPSA) is 79.4 Å². The first-order chi connectivity index (χ1) is 11.8. The second kappa shape index (κ2) is 8.94. The number of nitrogens with one attached hydrogen (secondary N) is 1. The van der Waals surface area contributed by atoms with Gasteiger partial charge in [0.15, 0.2) is 0 Å². The van der Waals surface area contributed by atoms with E-state index in [-0.39, 0.29) is 19.0 Å². The fourth-order valence-electron chi connectivity index (χ4n) is 2.24. The van der Waals surface area contributed by atoms with E-state index >= 15 is 0 Å². The van der Waals surface area contributed by atoms with E-state index in [1.54, 1.807) is 30.6 Å². The van der Waals surface area contributed by atoms with E-state index in [9.17, 15) is 13.2 Å². The molecule has 6 nitrogen and oxygen atoms in total. The molecule has 0 aliphatic heterocycles. The predicted molar refractivity (Wildman–Crippen MR) is 97.7 cm³/mol. The third-order valence-corrected chi connectivity index (χ3v) is 4.95. The first-order valence-electron chi connectivity index (χ1n) is 7.70. The molecule has 0 unspecified atom stereocenters. The number of benzene rings is 1. The van der Waals surface area contributed by atoms with E-state index in [0.717, 1.165) is 21.7 Å². The quantitative estimate of drug-likeness (QED) is 0.756. The van der Waals surface area contributed by atoms with E-state index in [4.69, 9.17) is 11.6 Å².